The maximum atomic E-state index is 13.0. The van der Waals surface area contributed by atoms with Crippen molar-refractivity contribution in [1.82, 2.24) is 14.3 Å². The number of aliphatic carboxylic acids is 1. The van der Waals surface area contributed by atoms with Gasteiger partial charge in [-0.15, -0.1) is 0 Å². The van der Waals surface area contributed by atoms with E-state index in [1.807, 2.05) is 0 Å². The number of fused-ring (bicyclic) bond motifs is 1. The largest absolute Gasteiger partial charge is 0.480 e. The van der Waals surface area contributed by atoms with E-state index in [0.717, 1.165) is 10.6 Å². The number of rotatable bonds is 3. The maximum Gasteiger partial charge on any atom is 0.323 e. The van der Waals surface area contributed by atoms with Gasteiger partial charge < -0.3 is 5.11 Å². The van der Waals surface area contributed by atoms with Crippen molar-refractivity contribution >= 4 is 17.0 Å². The summed E-state index contributed by atoms with van der Waals surface area (Å²) in [6.07, 6.45) is -2.82. The summed E-state index contributed by atoms with van der Waals surface area (Å²) < 4.78 is 28.1. The van der Waals surface area contributed by atoms with Crippen molar-refractivity contribution in [3.8, 4) is 0 Å². The Hall–Kier alpha value is -2.25. The topological polar surface area (TPSA) is 77.1 Å². The van der Waals surface area contributed by atoms with E-state index in [1.165, 1.54) is 18.7 Å². The second kappa shape index (κ2) is 4.45. The number of carbonyl (C=O) groups is 1. The molecule has 2 aromatic rings. The molecule has 0 fully saturated rings. The summed E-state index contributed by atoms with van der Waals surface area (Å²) in [7, 11) is 1.47. The molecule has 0 saturated carbocycles. The van der Waals surface area contributed by atoms with Gasteiger partial charge in [-0.3, -0.25) is 18.8 Å². The van der Waals surface area contributed by atoms with Crippen LogP contribution in [0, 0.1) is 6.92 Å². The summed E-state index contributed by atoms with van der Waals surface area (Å²) in [5.41, 5.74) is -0.796. The van der Waals surface area contributed by atoms with Crippen LogP contribution in [0.5, 0.6) is 0 Å². The minimum absolute atomic E-state index is 0.0858. The first-order chi connectivity index (χ1) is 8.82. The molecule has 0 bridgehead atoms. The van der Waals surface area contributed by atoms with Crippen molar-refractivity contribution in [3.63, 3.8) is 0 Å². The third-order valence-corrected chi connectivity index (χ3v) is 2.81. The van der Waals surface area contributed by atoms with Crippen molar-refractivity contribution in [2.24, 2.45) is 7.05 Å². The van der Waals surface area contributed by atoms with Crippen LogP contribution in [0.15, 0.2) is 10.9 Å². The Bertz CT molecular complexity index is 718. The first-order valence-corrected chi connectivity index (χ1v) is 5.40. The fraction of sp³-hybridized carbons (Fsp3) is 0.364. The molecular weight excluding hydrogens is 260 g/mol. The van der Waals surface area contributed by atoms with Gasteiger partial charge in [0.15, 0.2) is 0 Å². The summed E-state index contributed by atoms with van der Waals surface area (Å²) in [6, 6.07) is 0.768. The molecule has 6 nitrogen and oxygen atoms in total. The normalized spacial score (nSPS) is 11.4. The van der Waals surface area contributed by atoms with Gasteiger partial charge in [-0.05, 0) is 6.92 Å². The highest BCUT2D eigenvalue weighted by Crippen LogP contribution is 2.28. The SMILES string of the molecule is Cc1nn(C)c2c1c(C(F)F)cc(=O)n2CC(=O)O. The molecule has 2 rings (SSSR count). The number of hydrogen-bond donors (Lipinski definition) is 1. The van der Waals surface area contributed by atoms with E-state index in [-0.39, 0.29) is 11.0 Å². The first-order valence-electron chi connectivity index (χ1n) is 5.40. The Morgan fingerprint density at radius 3 is 2.68 bits per heavy atom. The van der Waals surface area contributed by atoms with E-state index in [2.05, 4.69) is 5.10 Å². The van der Waals surface area contributed by atoms with Crippen LogP contribution in [-0.2, 0) is 18.4 Å². The van der Waals surface area contributed by atoms with Gasteiger partial charge in [0.1, 0.15) is 12.2 Å². The lowest BCUT2D eigenvalue weighted by molar-refractivity contribution is -0.137. The Morgan fingerprint density at radius 2 is 2.16 bits per heavy atom. The Morgan fingerprint density at radius 1 is 1.53 bits per heavy atom. The number of alkyl halides is 2. The molecule has 2 heterocycles. The average Bonchev–Trinajstić information content (AvgIpc) is 2.57. The van der Waals surface area contributed by atoms with Crippen LogP contribution >= 0.6 is 0 Å². The molecule has 0 aliphatic carbocycles. The van der Waals surface area contributed by atoms with Crippen molar-refractivity contribution in [2.75, 3.05) is 0 Å². The standard InChI is InChI=1S/C11H11F2N3O3/c1-5-9-6(10(12)13)3-7(17)16(4-8(18)19)11(9)15(2)14-5/h3,10H,4H2,1-2H3,(H,18,19). The highest BCUT2D eigenvalue weighted by Gasteiger charge is 2.21. The fourth-order valence-corrected chi connectivity index (χ4v) is 2.14. The molecule has 0 amide bonds. The second-order valence-electron chi connectivity index (χ2n) is 4.13. The van der Waals surface area contributed by atoms with Crippen molar-refractivity contribution in [3.05, 3.63) is 27.7 Å². The molecule has 0 aliphatic heterocycles. The van der Waals surface area contributed by atoms with Crippen LogP contribution in [0.1, 0.15) is 17.7 Å². The van der Waals surface area contributed by atoms with Crippen LogP contribution in [0.2, 0.25) is 0 Å². The zero-order chi connectivity index (χ0) is 14.3. The molecule has 0 spiro atoms. The number of carboxylic acid groups (broad SMARTS) is 1. The lowest BCUT2D eigenvalue weighted by atomic mass is 10.1. The number of nitrogens with zero attached hydrogens (tertiary/aromatic N) is 3. The second-order valence-corrected chi connectivity index (χ2v) is 4.13. The molecular formula is C11H11F2N3O3. The summed E-state index contributed by atoms with van der Waals surface area (Å²) in [4.78, 5) is 22.5. The highest BCUT2D eigenvalue weighted by atomic mass is 19.3. The van der Waals surface area contributed by atoms with E-state index in [4.69, 9.17) is 5.11 Å². The van der Waals surface area contributed by atoms with Crippen LogP contribution < -0.4 is 5.56 Å². The summed E-state index contributed by atoms with van der Waals surface area (Å²) in [5.74, 6) is -1.23. The first kappa shape index (κ1) is 13.2. The van der Waals surface area contributed by atoms with Crippen LogP contribution in [-0.4, -0.2) is 25.4 Å². The summed E-state index contributed by atoms with van der Waals surface area (Å²) in [5, 5.41) is 12.9. The molecule has 0 aromatic carbocycles. The lowest BCUT2D eigenvalue weighted by Gasteiger charge is -2.09. The summed E-state index contributed by atoms with van der Waals surface area (Å²) in [6.45, 7) is 0.932. The van der Waals surface area contributed by atoms with Gasteiger partial charge in [0.05, 0.1) is 5.69 Å². The molecule has 0 saturated heterocycles. The Labute approximate surface area is 105 Å². The zero-order valence-corrected chi connectivity index (χ0v) is 10.2. The van der Waals surface area contributed by atoms with Crippen molar-refractivity contribution in [1.29, 1.82) is 0 Å². The minimum Gasteiger partial charge on any atom is -0.480 e. The van der Waals surface area contributed by atoms with E-state index >= 15 is 0 Å². The van der Waals surface area contributed by atoms with Gasteiger partial charge in [-0.25, -0.2) is 8.78 Å². The van der Waals surface area contributed by atoms with Gasteiger partial charge in [0, 0.05) is 24.1 Å². The van der Waals surface area contributed by atoms with Crippen LogP contribution in [0.4, 0.5) is 8.78 Å². The number of hydrogen-bond acceptors (Lipinski definition) is 3. The minimum atomic E-state index is -2.82. The smallest absolute Gasteiger partial charge is 0.323 e. The molecule has 8 heteroatoms. The van der Waals surface area contributed by atoms with Gasteiger partial charge in [0.25, 0.3) is 12.0 Å². The molecule has 2 aromatic heterocycles. The third kappa shape index (κ3) is 2.09. The predicted molar refractivity (Wildman–Crippen MR) is 62.3 cm³/mol. The zero-order valence-electron chi connectivity index (χ0n) is 10.2. The predicted octanol–water partition coefficient (Wildman–Crippen LogP) is 1.07. The van der Waals surface area contributed by atoms with Gasteiger partial charge >= 0.3 is 5.97 Å². The molecule has 0 atom stereocenters. The van der Waals surface area contributed by atoms with Gasteiger partial charge in [0.2, 0.25) is 0 Å². The van der Waals surface area contributed by atoms with Gasteiger partial charge in [-0.2, -0.15) is 5.10 Å². The highest BCUT2D eigenvalue weighted by molar-refractivity contribution is 5.83. The molecule has 19 heavy (non-hydrogen) atoms. The number of carboxylic acids is 1. The lowest BCUT2D eigenvalue weighted by Crippen LogP contribution is -2.26. The number of halogens is 2. The van der Waals surface area contributed by atoms with E-state index in [0.29, 0.717) is 5.69 Å². The maximum absolute atomic E-state index is 13.0. The third-order valence-electron chi connectivity index (χ3n) is 2.81. The molecule has 0 unspecified atom stereocenters. The number of aromatic nitrogens is 3. The molecule has 0 radical (unpaired) electrons. The fourth-order valence-electron chi connectivity index (χ4n) is 2.14. The van der Waals surface area contributed by atoms with Crippen molar-refractivity contribution < 1.29 is 18.7 Å². The molecule has 0 aliphatic rings. The quantitative estimate of drug-likeness (QED) is 0.905. The van der Waals surface area contributed by atoms with E-state index in [1.54, 1.807) is 0 Å². The Kier molecular flexibility index (Phi) is 3.09. The van der Waals surface area contributed by atoms with Gasteiger partial charge in [-0.1, -0.05) is 0 Å². The van der Waals surface area contributed by atoms with E-state index in [9.17, 15) is 18.4 Å². The molecule has 1 N–H and O–H groups in total. The van der Waals surface area contributed by atoms with Crippen LogP contribution in [0.3, 0.4) is 0 Å². The average molecular weight is 271 g/mol. The number of pyridine rings is 1. The number of aryl methyl sites for hydroxylation is 2. The Balaban J connectivity index is 2.92. The van der Waals surface area contributed by atoms with Crippen LogP contribution in [0.25, 0.3) is 11.0 Å². The molecule has 102 valence electrons. The van der Waals surface area contributed by atoms with Crippen molar-refractivity contribution in [2.45, 2.75) is 19.9 Å². The summed E-state index contributed by atoms with van der Waals surface area (Å²) >= 11 is 0. The van der Waals surface area contributed by atoms with E-state index < -0.39 is 30.1 Å². The monoisotopic (exact) mass is 271 g/mol.